The number of amides is 1. The Bertz CT molecular complexity index is 1010. The van der Waals surface area contributed by atoms with Gasteiger partial charge in [-0.1, -0.05) is 0 Å². The number of nitrogens with zero attached hydrogens (tertiary/aromatic N) is 4. The van der Waals surface area contributed by atoms with Gasteiger partial charge in [0.2, 0.25) is 0 Å². The highest BCUT2D eigenvalue weighted by Gasteiger charge is 2.39. The zero-order valence-electron chi connectivity index (χ0n) is 14.5. The van der Waals surface area contributed by atoms with Crippen molar-refractivity contribution in [3.63, 3.8) is 0 Å². The number of hydrogen-bond donors (Lipinski definition) is 1. The maximum atomic E-state index is 13.1. The van der Waals surface area contributed by atoms with Crippen LogP contribution in [0.15, 0.2) is 41.7 Å². The third-order valence-corrected chi connectivity index (χ3v) is 4.79. The summed E-state index contributed by atoms with van der Waals surface area (Å²) < 4.78 is 6.83. The average molecular weight is 353 g/mol. The van der Waals surface area contributed by atoms with Crippen LogP contribution in [0.25, 0.3) is 5.65 Å². The van der Waals surface area contributed by atoms with E-state index in [1.165, 1.54) is 10.6 Å². The maximum absolute atomic E-state index is 13.1. The largest absolute Gasteiger partial charge is 0.380 e. The molecule has 4 rings (SSSR count). The molecule has 1 fully saturated rings. The minimum Gasteiger partial charge on any atom is -0.380 e. The molecule has 0 bridgehead atoms. The molecule has 4 heterocycles. The number of pyridine rings is 1. The first kappa shape index (κ1) is 16.5. The van der Waals surface area contributed by atoms with Crippen LogP contribution >= 0.6 is 0 Å². The van der Waals surface area contributed by atoms with Crippen LogP contribution in [-0.4, -0.2) is 49.9 Å². The van der Waals surface area contributed by atoms with E-state index in [-0.39, 0.29) is 29.2 Å². The van der Waals surface area contributed by atoms with Gasteiger partial charge in [-0.15, -0.1) is 0 Å². The normalized spacial score (nSPS) is 20.0. The van der Waals surface area contributed by atoms with Gasteiger partial charge in [0.05, 0.1) is 12.1 Å². The van der Waals surface area contributed by atoms with E-state index < -0.39 is 0 Å². The molecule has 26 heavy (non-hydrogen) atoms. The molecule has 1 aliphatic heterocycles. The highest BCUT2D eigenvalue weighted by Crippen LogP contribution is 2.32. The number of fused-ring (bicyclic) bond motifs is 1. The lowest BCUT2D eigenvalue weighted by molar-refractivity contribution is 0.0682. The predicted molar refractivity (Wildman–Crippen MR) is 94.0 cm³/mol. The second-order valence-electron chi connectivity index (χ2n) is 6.45. The summed E-state index contributed by atoms with van der Waals surface area (Å²) in [5.41, 5.74) is 1.18. The van der Waals surface area contributed by atoms with Crippen LogP contribution in [0.1, 0.15) is 34.2 Å². The number of H-pyrrole nitrogens is 1. The molecule has 0 radical (unpaired) electrons. The fraction of sp³-hybridized carbons (Fsp3) is 0.333. The van der Waals surface area contributed by atoms with Crippen LogP contribution in [0, 0.1) is 6.92 Å². The number of hydrogen-bond acceptors (Lipinski definition) is 5. The molecule has 8 heteroatoms. The maximum Gasteiger partial charge on any atom is 0.270 e. The summed E-state index contributed by atoms with van der Waals surface area (Å²) >= 11 is 0. The first-order valence-electron chi connectivity index (χ1n) is 8.39. The Labute approximate surface area is 149 Å². The fourth-order valence-electron chi connectivity index (χ4n) is 3.39. The minimum atomic E-state index is -0.376. The number of aromatic nitrogens is 4. The molecule has 0 aliphatic carbocycles. The summed E-state index contributed by atoms with van der Waals surface area (Å²) in [7, 11) is 1.62. The monoisotopic (exact) mass is 353 g/mol. The van der Waals surface area contributed by atoms with E-state index in [9.17, 15) is 9.59 Å². The van der Waals surface area contributed by atoms with Crippen LogP contribution in [0.3, 0.4) is 0 Å². The minimum absolute atomic E-state index is 0.0414. The zero-order chi connectivity index (χ0) is 18.3. The number of ether oxygens (including phenoxy) is 1. The van der Waals surface area contributed by atoms with Crippen molar-refractivity contribution in [2.75, 3.05) is 13.7 Å². The van der Waals surface area contributed by atoms with Gasteiger partial charge in [-0.2, -0.15) is 0 Å². The van der Waals surface area contributed by atoms with Crippen LogP contribution in [0.4, 0.5) is 0 Å². The van der Waals surface area contributed by atoms with Gasteiger partial charge in [0.25, 0.3) is 11.5 Å². The standard InChI is InChI=1S/C18H19N5O3/c1-11-3-6-22-15(7-11)21-9-13(17(22)24)18(25)23-10-12(26-2)8-14(23)16-19-4-5-20-16/h3-7,9,12,14H,8,10H2,1-2H3,(H,19,20)/t12-,14+/m1/s1. The molecule has 1 aliphatic rings. The number of carbonyl (C=O) groups is 1. The van der Waals surface area contributed by atoms with Crippen LogP contribution < -0.4 is 5.56 Å². The van der Waals surface area contributed by atoms with Crippen molar-refractivity contribution in [3.8, 4) is 0 Å². The molecule has 134 valence electrons. The predicted octanol–water partition coefficient (Wildman–Crippen LogP) is 1.33. The number of methoxy groups -OCH3 is 1. The first-order chi connectivity index (χ1) is 12.6. The van der Waals surface area contributed by atoms with E-state index in [1.54, 1.807) is 36.7 Å². The van der Waals surface area contributed by atoms with Crippen molar-refractivity contribution in [1.82, 2.24) is 24.3 Å². The lowest BCUT2D eigenvalue weighted by Crippen LogP contribution is -2.36. The summed E-state index contributed by atoms with van der Waals surface area (Å²) in [4.78, 5) is 39.2. The van der Waals surface area contributed by atoms with Gasteiger partial charge in [-0.05, 0) is 24.6 Å². The summed E-state index contributed by atoms with van der Waals surface area (Å²) in [5, 5.41) is 0. The van der Waals surface area contributed by atoms with Crippen LogP contribution in [0.2, 0.25) is 0 Å². The van der Waals surface area contributed by atoms with E-state index in [0.29, 0.717) is 24.4 Å². The number of likely N-dealkylation sites (tertiary alicyclic amines) is 1. The SMILES string of the molecule is CO[C@@H]1C[C@@H](c2ncc[nH]2)N(C(=O)c2cnc3cc(C)ccn3c2=O)C1. The van der Waals surface area contributed by atoms with E-state index >= 15 is 0 Å². The topological polar surface area (TPSA) is 92.6 Å². The molecule has 1 saturated heterocycles. The molecule has 3 aromatic heterocycles. The number of nitrogens with one attached hydrogen (secondary N) is 1. The third kappa shape index (κ3) is 2.68. The Hall–Kier alpha value is -3.00. The van der Waals surface area contributed by atoms with Gasteiger partial charge in [0, 0.05) is 44.9 Å². The molecular formula is C18H19N5O3. The summed E-state index contributed by atoms with van der Waals surface area (Å²) in [6, 6.07) is 3.35. The Morgan fingerprint density at radius 3 is 2.96 bits per heavy atom. The highest BCUT2D eigenvalue weighted by atomic mass is 16.5. The van der Waals surface area contributed by atoms with Gasteiger partial charge in [-0.3, -0.25) is 14.0 Å². The molecule has 3 aromatic rings. The van der Waals surface area contributed by atoms with Crippen LogP contribution in [0.5, 0.6) is 0 Å². The fourth-order valence-corrected chi connectivity index (χ4v) is 3.39. The van der Waals surface area contributed by atoms with Crippen molar-refractivity contribution < 1.29 is 9.53 Å². The molecule has 1 amide bonds. The number of carbonyl (C=O) groups excluding carboxylic acids is 1. The number of aromatic amines is 1. The first-order valence-corrected chi connectivity index (χ1v) is 8.39. The summed E-state index contributed by atoms with van der Waals surface area (Å²) in [6.07, 6.45) is 6.88. The highest BCUT2D eigenvalue weighted by molar-refractivity contribution is 5.94. The van der Waals surface area contributed by atoms with Crippen molar-refractivity contribution in [2.24, 2.45) is 0 Å². The van der Waals surface area contributed by atoms with Crippen molar-refractivity contribution in [1.29, 1.82) is 0 Å². The van der Waals surface area contributed by atoms with E-state index in [0.717, 1.165) is 5.56 Å². The van der Waals surface area contributed by atoms with E-state index in [1.807, 2.05) is 13.0 Å². The Kier molecular flexibility index (Phi) is 4.04. The molecule has 0 spiro atoms. The molecular weight excluding hydrogens is 334 g/mol. The zero-order valence-corrected chi connectivity index (χ0v) is 14.5. The van der Waals surface area contributed by atoms with Crippen molar-refractivity contribution >= 4 is 11.6 Å². The van der Waals surface area contributed by atoms with Crippen molar-refractivity contribution in [3.05, 3.63) is 64.2 Å². The summed E-state index contributed by atoms with van der Waals surface area (Å²) in [6.45, 7) is 2.32. The number of rotatable bonds is 3. The lowest BCUT2D eigenvalue weighted by Gasteiger charge is -2.22. The molecule has 0 unspecified atom stereocenters. The van der Waals surface area contributed by atoms with Crippen molar-refractivity contribution in [2.45, 2.75) is 25.5 Å². The molecule has 8 nitrogen and oxygen atoms in total. The Morgan fingerprint density at radius 1 is 1.38 bits per heavy atom. The number of aryl methyl sites for hydroxylation is 1. The van der Waals surface area contributed by atoms with Gasteiger partial charge in [0.15, 0.2) is 0 Å². The third-order valence-electron chi connectivity index (χ3n) is 4.79. The molecule has 1 N–H and O–H groups in total. The number of imidazole rings is 1. The average Bonchev–Trinajstić information content (AvgIpc) is 3.30. The lowest BCUT2D eigenvalue weighted by atomic mass is 10.1. The van der Waals surface area contributed by atoms with Gasteiger partial charge in [-0.25, -0.2) is 9.97 Å². The quantitative estimate of drug-likeness (QED) is 0.767. The second kappa shape index (κ2) is 6.38. The Balaban J connectivity index is 1.74. The van der Waals surface area contributed by atoms with Crippen LogP contribution in [-0.2, 0) is 4.74 Å². The molecule has 0 aromatic carbocycles. The second-order valence-corrected chi connectivity index (χ2v) is 6.45. The van der Waals surface area contributed by atoms with E-state index in [4.69, 9.17) is 4.74 Å². The van der Waals surface area contributed by atoms with Gasteiger partial charge < -0.3 is 14.6 Å². The molecule has 0 saturated carbocycles. The smallest absolute Gasteiger partial charge is 0.270 e. The summed E-state index contributed by atoms with van der Waals surface area (Å²) in [5.74, 6) is 0.320. The van der Waals surface area contributed by atoms with Gasteiger partial charge in [0.1, 0.15) is 17.0 Å². The molecule has 2 atom stereocenters. The van der Waals surface area contributed by atoms with Gasteiger partial charge >= 0.3 is 0 Å². The van der Waals surface area contributed by atoms with E-state index in [2.05, 4.69) is 15.0 Å². The Morgan fingerprint density at radius 2 is 2.23 bits per heavy atom.